The Morgan fingerprint density at radius 3 is 2.62 bits per heavy atom. The van der Waals surface area contributed by atoms with E-state index in [4.69, 9.17) is 4.98 Å². The van der Waals surface area contributed by atoms with Crippen LogP contribution in [0.25, 0.3) is 10.9 Å². The first-order valence-electron chi connectivity index (χ1n) is 9.71. The predicted octanol–water partition coefficient (Wildman–Crippen LogP) is 5.74. The quantitative estimate of drug-likeness (QED) is 0.651. The molecule has 5 rings (SSSR count). The van der Waals surface area contributed by atoms with E-state index >= 15 is 0 Å². The zero-order valence-electron chi connectivity index (χ0n) is 14.9. The van der Waals surface area contributed by atoms with Crippen molar-refractivity contribution < 1.29 is 4.39 Å². The minimum atomic E-state index is -0.186. The molecule has 1 saturated carbocycles. The fourth-order valence-electron chi connectivity index (χ4n) is 4.11. The fraction of sp³-hybridized carbons (Fsp3) is 0.348. The lowest BCUT2D eigenvalue weighted by atomic mass is 9.92. The SMILES string of the molecule is Fc1ccc(CNc2c3c(nc4ccc(C5CC5)cc24)CCCC3)cc1. The van der Waals surface area contributed by atoms with Gasteiger partial charge in [0.05, 0.1) is 5.52 Å². The summed E-state index contributed by atoms with van der Waals surface area (Å²) >= 11 is 0. The molecule has 26 heavy (non-hydrogen) atoms. The number of aryl methyl sites for hydroxylation is 1. The molecule has 2 aromatic carbocycles. The maximum Gasteiger partial charge on any atom is 0.123 e. The van der Waals surface area contributed by atoms with E-state index in [0.29, 0.717) is 6.54 Å². The minimum absolute atomic E-state index is 0.186. The van der Waals surface area contributed by atoms with Gasteiger partial charge in [-0.15, -0.1) is 0 Å². The van der Waals surface area contributed by atoms with Crippen molar-refractivity contribution in [1.82, 2.24) is 4.98 Å². The number of pyridine rings is 1. The Hall–Kier alpha value is -2.42. The maximum atomic E-state index is 13.2. The lowest BCUT2D eigenvalue weighted by molar-refractivity contribution is 0.627. The number of fused-ring (bicyclic) bond motifs is 2. The fourth-order valence-corrected chi connectivity index (χ4v) is 4.11. The summed E-state index contributed by atoms with van der Waals surface area (Å²) in [6, 6.07) is 13.6. The normalized spacial score (nSPS) is 16.5. The van der Waals surface area contributed by atoms with E-state index < -0.39 is 0 Å². The lowest BCUT2D eigenvalue weighted by Gasteiger charge is -2.22. The van der Waals surface area contributed by atoms with Crippen LogP contribution in [0.15, 0.2) is 42.5 Å². The number of nitrogens with one attached hydrogen (secondary N) is 1. The average molecular weight is 346 g/mol. The van der Waals surface area contributed by atoms with Gasteiger partial charge in [-0.3, -0.25) is 4.98 Å². The average Bonchev–Trinajstić information content (AvgIpc) is 3.51. The highest BCUT2D eigenvalue weighted by molar-refractivity contribution is 5.94. The first-order valence-corrected chi connectivity index (χ1v) is 9.71. The van der Waals surface area contributed by atoms with Crippen molar-refractivity contribution in [3.63, 3.8) is 0 Å². The molecular weight excluding hydrogens is 323 g/mol. The van der Waals surface area contributed by atoms with Gasteiger partial charge in [0.2, 0.25) is 0 Å². The monoisotopic (exact) mass is 346 g/mol. The van der Waals surface area contributed by atoms with Crippen LogP contribution < -0.4 is 5.32 Å². The molecule has 0 spiro atoms. The van der Waals surface area contributed by atoms with Crippen molar-refractivity contribution >= 4 is 16.6 Å². The van der Waals surface area contributed by atoms with Crippen LogP contribution in [0.3, 0.4) is 0 Å². The number of hydrogen-bond donors (Lipinski definition) is 1. The van der Waals surface area contributed by atoms with Gasteiger partial charge in [0, 0.05) is 23.3 Å². The molecule has 0 aliphatic heterocycles. The summed E-state index contributed by atoms with van der Waals surface area (Å²) in [5.41, 5.74) is 7.52. The van der Waals surface area contributed by atoms with E-state index in [0.717, 1.165) is 29.8 Å². The number of nitrogens with zero attached hydrogens (tertiary/aromatic N) is 1. The van der Waals surface area contributed by atoms with Crippen LogP contribution in [0.1, 0.15) is 54.0 Å². The highest BCUT2D eigenvalue weighted by atomic mass is 19.1. The van der Waals surface area contributed by atoms with Crippen molar-refractivity contribution in [2.24, 2.45) is 0 Å². The van der Waals surface area contributed by atoms with Gasteiger partial charge in [-0.25, -0.2) is 4.39 Å². The summed E-state index contributed by atoms with van der Waals surface area (Å²) in [6.07, 6.45) is 7.24. The Morgan fingerprint density at radius 1 is 1.00 bits per heavy atom. The Labute approximate surface area is 153 Å². The van der Waals surface area contributed by atoms with Crippen molar-refractivity contribution in [1.29, 1.82) is 0 Å². The van der Waals surface area contributed by atoms with Crippen LogP contribution >= 0.6 is 0 Å². The molecule has 2 aliphatic rings. The molecule has 132 valence electrons. The van der Waals surface area contributed by atoms with Gasteiger partial charge in [0.25, 0.3) is 0 Å². The zero-order chi connectivity index (χ0) is 17.5. The molecule has 2 aliphatic carbocycles. The van der Waals surface area contributed by atoms with Crippen LogP contribution in [0.2, 0.25) is 0 Å². The molecule has 0 amide bonds. The molecule has 0 saturated heterocycles. The number of hydrogen-bond acceptors (Lipinski definition) is 2. The molecule has 0 radical (unpaired) electrons. The summed E-state index contributed by atoms with van der Waals surface area (Å²) in [6.45, 7) is 0.708. The summed E-state index contributed by atoms with van der Waals surface area (Å²) in [4.78, 5) is 4.97. The van der Waals surface area contributed by atoms with E-state index in [9.17, 15) is 4.39 Å². The standard InChI is InChI=1S/C23H23FN2/c24-18-10-5-15(6-11-18)14-25-23-19-3-1-2-4-21(19)26-22-12-9-17(13-20(22)23)16-7-8-16/h5-6,9-13,16H,1-4,7-8,14H2,(H,25,26). The molecule has 1 N–H and O–H groups in total. The van der Waals surface area contributed by atoms with Gasteiger partial charge in [0.15, 0.2) is 0 Å². The molecule has 3 aromatic rings. The van der Waals surface area contributed by atoms with Crippen LogP contribution in [0.5, 0.6) is 0 Å². The van der Waals surface area contributed by atoms with Crippen LogP contribution in [-0.2, 0) is 19.4 Å². The van der Waals surface area contributed by atoms with Crippen LogP contribution in [0.4, 0.5) is 10.1 Å². The smallest absolute Gasteiger partial charge is 0.123 e. The highest BCUT2D eigenvalue weighted by Gasteiger charge is 2.25. The summed E-state index contributed by atoms with van der Waals surface area (Å²) < 4.78 is 13.2. The Morgan fingerprint density at radius 2 is 1.81 bits per heavy atom. The minimum Gasteiger partial charge on any atom is -0.380 e. The molecule has 1 heterocycles. The third-order valence-electron chi connectivity index (χ3n) is 5.72. The Bertz CT molecular complexity index is 958. The second-order valence-corrected chi connectivity index (χ2v) is 7.65. The number of aromatic nitrogens is 1. The third-order valence-corrected chi connectivity index (χ3v) is 5.72. The number of halogens is 1. The first-order chi connectivity index (χ1) is 12.8. The Balaban J connectivity index is 1.57. The predicted molar refractivity (Wildman–Crippen MR) is 104 cm³/mol. The van der Waals surface area contributed by atoms with Gasteiger partial charge in [0.1, 0.15) is 5.82 Å². The van der Waals surface area contributed by atoms with Gasteiger partial charge in [-0.1, -0.05) is 18.2 Å². The summed E-state index contributed by atoms with van der Waals surface area (Å²) in [7, 11) is 0. The van der Waals surface area contributed by atoms with Crippen molar-refractivity contribution in [3.8, 4) is 0 Å². The Kier molecular flexibility index (Phi) is 3.88. The van der Waals surface area contributed by atoms with Crippen molar-refractivity contribution in [2.45, 2.75) is 51.0 Å². The van der Waals surface area contributed by atoms with E-state index in [1.54, 1.807) is 0 Å². The third kappa shape index (κ3) is 2.96. The number of anilines is 1. The van der Waals surface area contributed by atoms with E-state index in [1.807, 2.05) is 12.1 Å². The largest absolute Gasteiger partial charge is 0.380 e. The van der Waals surface area contributed by atoms with Crippen molar-refractivity contribution in [2.75, 3.05) is 5.32 Å². The second kappa shape index (κ2) is 6.39. The van der Waals surface area contributed by atoms with Gasteiger partial charge in [-0.05, 0) is 85.4 Å². The molecule has 0 unspecified atom stereocenters. The molecule has 3 heteroatoms. The first kappa shape index (κ1) is 15.8. The number of benzene rings is 2. The molecule has 0 atom stereocenters. The molecular formula is C23H23FN2. The van der Waals surface area contributed by atoms with Crippen LogP contribution in [-0.4, -0.2) is 4.98 Å². The van der Waals surface area contributed by atoms with E-state index in [-0.39, 0.29) is 5.82 Å². The molecule has 2 nitrogen and oxygen atoms in total. The van der Waals surface area contributed by atoms with Gasteiger partial charge < -0.3 is 5.32 Å². The zero-order valence-corrected chi connectivity index (χ0v) is 14.9. The van der Waals surface area contributed by atoms with E-state index in [1.165, 1.54) is 65.7 Å². The van der Waals surface area contributed by atoms with Crippen molar-refractivity contribution in [3.05, 3.63) is 70.7 Å². The van der Waals surface area contributed by atoms with E-state index in [2.05, 4.69) is 23.5 Å². The summed E-state index contributed by atoms with van der Waals surface area (Å²) in [5.74, 6) is 0.551. The molecule has 1 fully saturated rings. The summed E-state index contributed by atoms with van der Waals surface area (Å²) in [5, 5.41) is 4.92. The molecule has 0 bridgehead atoms. The topological polar surface area (TPSA) is 24.9 Å². The van der Waals surface area contributed by atoms with Crippen LogP contribution in [0, 0.1) is 5.82 Å². The molecule has 1 aromatic heterocycles. The number of rotatable bonds is 4. The maximum absolute atomic E-state index is 13.2. The lowest BCUT2D eigenvalue weighted by Crippen LogP contribution is -2.11. The second-order valence-electron chi connectivity index (χ2n) is 7.65. The van der Waals surface area contributed by atoms with Gasteiger partial charge >= 0.3 is 0 Å². The highest BCUT2D eigenvalue weighted by Crippen LogP contribution is 2.42. The van der Waals surface area contributed by atoms with Gasteiger partial charge in [-0.2, -0.15) is 0 Å².